The molecule has 166 valence electrons. The number of hydrogen-bond donors (Lipinski definition) is 0. The van der Waals surface area contributed by atoms with Gasteiger partial charge in [-0.25, -0.2) is 9.59 Å². The van der Waals surface area contributed by atoms with Crippen LogP contribution in [0.15, 0.2) is 59.4 Å². The molecule has 0 atom stereocenters. The third-order valence-corrected chi connectivity index (χ3v) is 5.02. The lowest BCUT2D eigenvalue weighted by Crippen LogP contribution is -2.18. The number of benzene rings is 2. The molecule has 0 saturated carbocycles. The van der Waals surface area contributed by atoms with Crippen LogP contribution in [0.5, 0.6) is 5.75 Å². The molecule has 0 spiro atoms. The highest BCUT2D eigenvalue weighted by molar-refractivity contribution is 6.30. The minimum Gasteiger partial charge on any atom is -0.482 e. The number of Topliss-reactive ketones (excluding diaryl/α,β-unsaturated/α-hetero) is 1. The molecule has 0 aliphatic carbocycles. The Morgan fingerprint density at radius 1 is 0.938 bits per heavy atom. The van der Waals surface area contributed by atoms with Crippen molar-refractivity contribution in [3.8, 4) is 5.75 Å². The number of methoxy groups -OCH3 is 2. The van der Waals surface area contributed by atoms with E-state index in [-0.39, 0.29) is 12.2 Å². The molecule has 0 aromatic heterocycles. The predicted molar refractivity (Wildman–Crippen MR) is 120 cm³/mol. The van der Waals surface area contributed by atoms with Crippen LogP contribution in [0.25, 0.3) is 6.08 Å². The molecular weight excluding hydrogens is 410 g/mol. The molecule has 0 radical (unpaired) electrons. The summed E-state index contributed by atoms with van der Waals surface area (Å²) in [4.78, 5) is 38.5. The van der Waals surface area contributed by atoms with Crippen molar-refractivity contribution in [3.63, 3.8) is 0 Å². The summed E-state index contributed by atoms with van der Waals surface area (Å²) in [5, 5.41) is 0. The Morgan fingerprint density at radius 2 is 1.56 bits per heavy atom. The first-order valence-electron chi connectivity index (χ1n) is 9.99. The molecule has 3 rings (SSSR count). The molecule has 0 fully saturated rings. The van der Waals surface area contributed by atoms with Crippen LogP contribution in [0.4, 0.5) is 5.69 Å². The maximum absolute atomic E-state index is 13.2. The van der Waals surface area contributed by atoms with Gasteiger partial charge in [0.15, 0.2) is 6.61 Å². The van der Waals surface area contributed by atoms with Crippen LogP contribution in [0.2, 0.25) is 0 Å². The maximum atomic E-state index is 13.2. The zero-order valence-electron chi connectivity index (χ0n) is 18.7. The van der Waals surface area contributed by atoms with Gasteiger partial charge >= 0.3 is 11.9 Å². The van der Waals surface area contributed by atoms with Gasteiger partial charge in [-0.3, -0.25) is 4.79 Å². The minimum atomic E-state index is -0.670. The van der Waals surface area contributed by atoms with E-state index < -0.39 is 17.7 Å². The van der Waals surface area contributed by atoms with Crippen molar-refractivity contribution < 1.29 is 28.6 Å². The molecule has 0 saturated heterocycles. The van der Waals surface area contributed by atoms with Crippen LogP contribution >= 0.6 is 0 Å². The van der Waals surface area contributed by atoms with E-state index >= 15 is 0 Å². The molecule has 2 aromatic carbocycles. The first-order valence-corrected chi connectivity index (χ1v) is 9.99. The van der Waals surface area contributed by atoms with Crippen molar-refractivity contribution in [3.05, 3.63) is 76.1 Å². The average molecular weight is 435 g/mol. The lowest BCUT2D eigenvalue weighted by molar-refractivity contribution is -0.143. The molecule has 1 aliphatic rings. The maximum Gasteiger partial charge on any atom is 0.343 e. The first kappa shape index (κ1) is 22.8. The molecule has 32 heavy (non-hydrogen) atoms. The fourth-order valence-electron chi connectivity index (χ4n) is 3.59. The Labute approximate surface area is 186 Å². The number of anilines is 1. The minimum absolute atomic E-state index is 0.0101. The zero-order chi connectivity index (χ0) is 23.4. The molecule has 0 N–H and O–H groups in total. The number of aryl methyl sites for hydroxylation is 2. The summed E-state index contributed by atoms with van der Waals surface area (Å²) < 4.78 is 14.8. The summed E-state index contributed by atoms with van der Waals surface area (Å²) in [6.45, 7) is 5.49. The van der Waals surface area contributed by atoms with Crippen molar-refractivity contribution in [2.24, 2.45) is 0 Å². The van der Waals surface area contributed by atoms with Crippen molar-refractivity contribution in [1.29, 1.82) is 0 Å². The van der Waals surface area contributed by atoms with Crippen LogP contribution in [-0.2, 0) is 23.9 Å². The number of nitrogens with zero attached hydrogens (tertiary/aromatic N) is 1. The molecule has 0 bridgehead atoms. The monoisotopic (exact) mass is 435 g/mol. The second kappa shape index (κ2) is 9.51. The topological polar surface area (TPSA) is 82.1 Å². The highest BCUT2D eigenvalue weighted by atomic mass is 16.6. The summed E-state index contributed by atoms with van der Waals surface area (Å²) in [5.41, 5.74) is 4.46. The largest absolute Gasteiger partial charge is 0.482 e. The van der Waals surface area contributed by atoms with E-state index in [0.29, 0.717) is 17.1 Å². The van der Waals surface area contributed by atoms with E-state index in [4.69, 9.17) is 9.47 Å². The average Bonchev–Trinajstić information content (AvgIpc) is 3.01. The summed E-state index contributed by atoms with van der Waals surface area (Å²) >= 11 is 0. The van der Waals surface area contributed by atoms with Gasteiger partial charge in [-0.1, -0.05) is 18.2 Å². The van der Waals surface area contributed by atoms with Crippen molar-refractivity contribution in [2.45, 2.75) is 20.8 Å². The van der Waals surface area contributed by atoms with Gasteiger partial charge in [0, 0.05) is 11.4 Å². The van der Waals surface area contributed by atoms with Gasteiger partial charge < -0.3 is 19.1 Å². The van der Waals surface area contributed by atoms with Gasteiger partial charge in [-0.05, 0) is 67.8 Å². The van der Waals surface area contributed by atoms with Crippen LogP contribution in [0.1, 0.15) is 23.6 Å². The Balaban J connectivity index is 2.00. The fourth-order valence-corrected chi connectivity index (χ4v) is 3.59. The smallest absolute Gasteiger partial charge is 0.343 e. The number of esters is 2. The Bertz CT molecular complexity index is 1110. The lowest BCUT2D eigenvalue weighted by atomic mass is 10.1. The van der Waals surface area contributed by atoms with Crippen molar-refractivity contribution >= 4 is 29.5 Å². The van der Waals surface area contributed by atoms with Gasteiger partial charge in [-0.15, -0.1) is 0 Å². The second-order valence-electron chi connectivity index (χ2n) is 7.43. The fraction of sp³-hybridized carbons (Fsp3) is 0.240. The van der Waals surface area contributed by atoms with Crippen LogP contribution in [-0.4, -0.2) is 38.5 Å². The lowest BCUT2D eigenvalue weighted by Gasteiger charge is -2.22. The molecule has 0 amide bonds. The summed E-state index contributed by atoms with van der Waals surface area (Å²) in [7, 11) is 2.55. The number of allylic oxidation sites excluding steroid dienone is 2. The second-order valence-corrected chi connectivity index (χ2v) is 7.43. The predicted octanol–water partition coefficient (Wildman–Crippen LogP) is 3.73. The Kier molecular flexibility index (Phi) is 6.78. The number of carbonyl (C=O) groups excluding carboxylic acids is 3. The SMILES string of the molecule is COC(=O)COc1ccc(/C=C2\C(=O)C(C(=O)OC)=C(C)N2c2cc(C)cc(C)c2)cc1. The normalized spacial score (nSPS) is 14.7. The van der Waals surface area contributed by atoms with E-state index in [1.165, 1.54) is 14.2 Å². The number of ether oxygens (including phenoxy) is 3. The standard InChI is InChI=1S/C25H25NO6/c1-15-10-16(2)12-19(11-15)26-17(3)23(25(29)31-5)24(28)21(26)13-18-6-8-20(9-7-18)32-14-22(27)30-4/h6-13H,14H2,1-5H3/b21-13+. The molecule has 1 aliphatic heterocycles. The molecule has 2 aromatic rings. The third kappa shape index (κ3) is 4.72. The van der Waals surface area contributed by atoms with E-state index in [1.54, 1.807) is 42.2 Å². The highest BCUT2D eigenvalue weighted by Gasteiger charge is 2.38. The van der Waals surface area contributed by atoms with Gasteiger partial charge in [0.05, 0.1) is 19.9 Å². The van der Waals surface area contributed by atoms with E-state index in [0.717, 1.165) is 22.4 Å². The van der Waals surface area contributed by atoms with Crippen LogP contribution < -0.4 is 9.64 Å². The van der Waals surface area contributed by atoms with E-state index in [1.807, 2.05) is 32.0 Å². The number of carbonyl (C=O) groups is 3. The Morgan fingerprint density at radius 3 is 2.12 bits per heavy atom. The number of rotatable bonds is 6. The van der Waals surface area contributed by atoms with Gasteiger partial charge in [0.2, 0.25) is 5.78 Å². The molecule has 1 heterocycles. The molecule has 0 unspecified atom stereocenters. The van der Waals surface area contributed by atoms with Crippen LogP contribution in [0, 0.1) is 13.8 Å². The highest BCUT2D eigenvalue weighted by Crippen LogP contribution is 2.36. The van der Waals surface area contributed by atoms with Crippen LogP contribution in [0.3, 0.4) is 0 Å². The third-order valence-electron chi connectivity index (χ3n) is 5.02. The quantitative estimate of drug-likeness (QED) is 0.388. The number of ketones is 1. The molecule has 7 nitrogen and oxygen atoms in total. The van der Waals surface area contributed by atoms with Gasteiger partial charge in [-0.2, -0.15) is 0 Å². The number of hydrogen-bond acceptors (Lipinski definition) is 7. The Hall–Kier alpha value is -3.87. The summed E-state index contributed by atoms with van der Waals surface area (Å²) in [5.74, 6) is -1.06. The summed E-state index contributed by atoms with van der Waals surface area (Å²) in [6.07, 6.45) is 1.71. The van der Waals surface area contributed by atoms with Gasteiger partial charge in [0.1, 0.15) is 11.3 Å². The van der Waals surface area contributed by atoms with Crippen molar-refractivity contribution in [1.82, 2.24) is 0 Å². The molecule has 7 heteroatoms. The zero-order valence-corrected chi connectivity index (χ0v) is 18.7. The first-order chi connectivity index (χ1) is 15.2. The van der Waals surface area contributed by atoms with Crippen molar-refractivity contribution in [2.75, 3.05) is 25.7 Å². The molecular formula is C25H25NO6. The van der Waals surface area contributed by atoms with E-state index in [9.17, 15) is 14.4 Å². The summed E-state index contributed by atoms with van der Waals surface area (Å²) in [6, 6.07) is 12.9. The van der Waals surface area contributed by atoms with Gasteiger partial charge in [0.25, 0.3) is 0 Å². The van der Waals surface area contributed by atoms with E-state index in [2.05, 4.69) is 4.74 Å².